The minimum atomic E-state index is 0.0132. The van der Waals surface area contributed by atoms with Crippen molar-refractivity contribution >= 4 is 11.6 Å². The lowest BCUT2D eigenvalue weighted by Gasteiger charge is -2.31. The number of benzene rings is 1. The van der Waals surface area contributed by atoms with Crippen LogP contribution < -0.4 is 16.0 Å². The van der Waals surface area contributed by atoms with Crippen molar-refractivity contribution in [3.05, 3.63) is 29.8 Å². The number of amides is 1. The molecule has 0 aromatic heterocycles. The average Bonchev–Trinajstić information content (AvgIpc) is 3.22. The van der Waals surface area contributed by atoms with Gasteiger partial charge in [0.2, 0.25) is 5.91 Å². The zero-order valence-corrected chi connectivity index (χ0v) is 14.1. The van der Waals surface area contributed by atoms with Crippen LogP contribution in [0.25, 0.3) is 0 Å². The van der Waals surface area contributed by atoms with Crippen LogP contribution in [0, 0.1) is 17.8 Å². The molecule has 4 atom stereocenters. The molecule has 4 unspecified atom stereocenters. The number of anilines is 1. The highest BCUT2D eigenvalue weighted by Crippen LogP contribution is 2.47. The molecule has 1 heterocycles. The monoisotopic (exact) mass is 329 g/mol. The maximum absolute atomic E-state index is 12.7. The summed E-state index contributed by atoms with van der Waals surface area (Å²) in [6, 6.07) is 8.39. The lowest BCUT2D eigenvalue weighted by molar-refractivity contribution is -0.127. The summed E-state index contributed by atoms with van der Waals surface area (Å²) in [6.07, 6.45) is 3.51. The largest absolute Gasteiger partial charge is 0.378 e. The van der Waals surface area contributed by atoms with Crippen LogP contribution in [-0.2, 0) is 16.1 Å². The van der Waals surface area contributed by atoms with E-state index in [-0.39, 0.29) is 17.9 Å². The lowest BCUT2D eigenvalue weighted by Crippen LogP contribution is -2.45. The Kier molecular flexibility index (Phi) is 4.46. The quantitative estimate of drug-likeness (QED) is 0.879. The van der Waals surface area contributed by atoms with Gasteiger partial charge in [-0.1, -0.05) is 18.2 Å². The van der Waals surface area contributed by atoms with E-state index in [1.165, 1.54) is 24.1 Å². The number of ether oxygens (including phenoxy) is 1. The van der Waals surface area contributed by atoms with E-state index < -0.39 is 0 Å². The summed E-state index contributed by atoms with van der Waals surface area (Å²) in [7, 11) is 0. The van der Waals surface area contributed by atoms with Gasteiger partial charge < -0.3 is 20.7 Å². The molecular formula is C19H27N3O2. The van der Waals surface area contributed by atoms with E-state index in [1.54, 1.807) is 0 Å². The molecule has 2 saturated carbocycles. The third-order valence-corrected chi connectivity index (χ3v) is 6.08. The lowest BCUT2D eigenvalue weighted by atomic mass is 9.84. The number of rotatable bonds is 4. The molecule has 1 aromatic carbocycles. The Morgan fingerprint density at radius 1 is 1.21 bits per heavy atom. The molecule has 4 rings (SSSR count). The number of nitrogens with two attached hydrogens (primary N) is 1. The van der Waals surface area contributed by atoms with E-state index >= 15 is 0 Å². The van der Waals surface area contributed by atoms with E-state index in [4.69, 9.17) is 10.5 Å². The van der Waals surface area contributed by atoms with Crippen LogP contribution >= 0.6 is 0 Å². The molecule has 1 aliphatic heterocycles. The zero-order chi connectivity index (χ0) is 16.5. The number of nitrogens with zero attached hydrogens (tertiary/aromatic N) is 1. The highest BCUT2D eigenvalue weighted by molar-refractivity contribution is 5.80. The second-order valence-electron chi connectivity index (χ2n) is 7.38. The maximum atomic E-state index is 12.7. The van der Waals surface area contributed by atoms with Crippen molar-refractivity contribution in [1.29, 1.82) is 0 Å². The van der Waals surface area contributed by atoms with Gasteiger partial charge in [0.05, 0.1) is 19.1 Å². The van der Waals surface area contributed by atoms with Gasteiger partial charge in [-0.15, -0.1) is 0 Å². The fraction of sp³-hybridized carbons (Fsp3) is 0.632. The predicted molar refractivity (Wildman–Crippen MR) is 93.6 cm³/mol. The minimum absolute atomic E-state index is 0.0132. The van der Waals surface area contributed by atoms with Crippen molar-refractivity contribution in [3.63, 3.8) is 0 Å². The molecule has 3 fully saturated rings. The van der Waals surface area contributed by atoms with Crippen molar-refractivity contribution < 1.29 is 9.53 Å². The second kappa shape index (κ2) is 6.73. The number of fused-ring (bicyclic) bond motifs is 2. The number of hydrogen-bond donors (Lipinski definition) is 2. The number of nitrogens with one attached hydrogen (secondary N) is 1. The Morgan fingerprint density at radius 3 is 2.71 bits per heavy atom. The molecule has 2 aliphatic carbocycles. The minimum Gasteiger partial charge on any atom is -0.378 e. The second-order valence-corrected chi connectivity index (χ2v) is 7.38. The Hall–Kier alpha value is -1.59. The Balaban J connectivity index is 1.41. The standard InChI is InChI=1S/C19H27N3O2/c20-18-14-6-5-13(11-14)17(18)19(23)21-12-15-3-1-2-4-16(15)22-7-9-24-10-8-22/h1-4,13-14,17-18H,5-12,20H2,(H,21,23). The number of para-hydroxylation sites is 1. The van der Waals surface area contributed by atoms with Crippen LogP contribution in [0.1, 0.15) is 24.8 Å². The number of carbonyl (C=O) groups excluding carboxylic acids is 1. The van der Waals surface area contributed by atoms with Gasteiger partial charge >= 0.3 is 0 Å². The maximum Gasteiger partial charge on any atom is 0.225 e. The van der Waals surface area contributed by atoms with Crippen molar-refractivity contribution in [2.24, 2.45) is 23.5 Å². The van der Waals surface area contributed by atoms with Gasteiger partial charge in [-0.2, -0.15) is 0 Å². The highest BCUT2D eigenvalue weighted by atomic mass is 16.5. The molecule has 3 aliphatic rings. The predicted octanol–water partition coefficient (Wildman–Crippen LogP) is 1.51. The average molecular weight is 329 g/mol. The summed E-state index contributed by atoms with van der Waals surface area (Å²) in [5, 5.41) is 3.16. The Morgan fingerprint density at radius 2 is 1.96 bits per heavy atom. The molecule has 5 heteroatoms. The smallest absolute Gasteiger partial charge is 0.225 e. The van der Waals surface area contributed by atoms with Gasteiger partial charge in [-0.05, 0) is 42.7 Å². The van der Waals surface area contributed by atoms with E-state index in [1.807, 2.05) is 6.07 Å². The number of hydrogen-bond acceptors (Lipinski definition) is 4. The van der Waals surface area contributed by atoms with E-state index in [0.29, 0.717) is 18.4 Å². The summed E-state index contributed by atoms with van der Waals surface area (Å²) in [5.74, 6) is 1.22. The first kappa shape index (κ1) is 15.9. The van der Waals surface area contributed by atoms with Gasteiger partial charge in [-0.3, -0.25) is 4.79 Å². The van der Waals surface area contributed by atoms with Gasteiger partial charge in [-0.25, -0.2) is 0 Å². The molecule has 1 aromatic rings. The summed E-state index contributed by atoms with van der Waals surface area (Å²) in [4.78, 5) is 15.0. The van der Waals surface area contributed by atoms with Crippen molar-refractivity contribution in [3.8, 4) is 0 Å². The number of carbonyl (C=O) groups is 1. The van der Waals surface area contributed by atoms with Gasteiger partial charge in [0.15, 0.2) is 0 Å². The van der Waals surface area contributed by atoms with Crippen LogP contribution in [-0.4, -0.2) is 38.3 Å². The van der Waals surface area contributed by atoms with Crippen molar-refractivity contribution in [2.75, 3.05) is 31.2 Å². The summed E-state index contributed by atoms with van der Waals surface area (Å²) < 4.78 is 5.44. The van der Waals surface area contributed by atoms with E-state index in [9.17, 15) is 4.79 Å². The fourth-order valence-electron chi connectivity index (χ4n) is 4.80. The summed E-state index contributed by atoms with van der Waals surface area (Å²) in [5.41, 5.74) is 8.68. The van der Waals surface area contributed by atoms with Gasteiger partial charge in [0, 0.05) is 31.4 Å². The normalized spacial score (nSPS) is 32.1. The van der Waals surface area contributed by atoms with Crippen LogP contribution in [0.15, 0.2) is 24.3 Å². The molecule has 1 amide bonds. The Bertz CT molecular complexity index is 598. The van der Waals surface area contributed by atoms with Crippen LogP contribution in [0.4, 0.5) is 5.69 Å². The summed E-state index contributed by atoms with van der Waals surface area (Å²) in [6.45, 7) is 3.92. The highest BCUT2D eigenvalue weighted by Gasteiger charge is 2.48. The molecule has 1 saturated heterocycles. The third-order valence-electron chi connectivity index (χ3n) is 6.08. The molecule has 2 bridgehead atoms. The molecule has 5 nitrogen and oxygen atoms in total. The van der Waals surface area contributed by atoms with E-state index in [2.05, 4.69) is 28.4 Å². The van der Waals surface area contributed by atoms with Crippen molar-refractivity contribution in [1.82, 2.24) is 5.32 Å². The number of morpholine rings is 1. The first-order valence-corrected chi connectivity index (χ1v) is 9.18. The summed E-state index contributed by atoms with van der Waals surface area (Å²) >= 11 is 0. The first-order valence-electron chi connectivity index (χ1n) is 9.18. The topological polar surface area (TPSA) is 67.6 Å². The molecule has 130 valence electrons. The molecule has 0 radical (unpaired) electrons. The fourth-order valence-corrected chi connectivity index (χ4v) is 4.80. The van der Waals surface area contributed by atoms with E-state index in [0.717, 1.165) is 32.7 Å². The van der Waals surface area contributed by atoms with Crippen LogP contribution in [0.2, 0.25) is 0 Å². The molecule has 0 spiro atoms. The molecule has 24 heavy (non-hydrogen) atoms. The third kappa shape index (κ3) is 2.91. The van der Waals surface area contributed by atoms with Crippen LogP contribution in [0.3, 0.4) is 0 Å². The molecule has 3 N–H and O–H groups in total. The Labute approximate surface area is 143 Å². The van der Waals surface area contributed by atoms with Crippen molar-refractivity contribution in [2.45, 2.75) is 31.8 Å². The van der Waals surface area contributed by atoms with Gasteiger partial charge in [0.25, 0.3) is 0 Å². The zero-order valence-electron chi connectivity index (χ0n) is 14.1. The van der Waals surface area contributed by atoms with Gasteiger partial charge in [0.1, 0.15) is 0 Å². The SMILES string of the molecule is NC1C2CCC(C2)C1C(=O)NCc1ccccc1N1CCOCC1. The first-order chi connectivity index (χ1) is 11.7. The molecular weight excluding hydrogens is 302 g/mol. The van der Waals surface area contributed by atoms with Crippen LogP contribution in [0.5, 0.6) is 0 Å².